The molecule has 0 aliphatic rings. The van der Waals surface area contributed by atoms with Gasteiger partial charge in [-0.1, -0.05) is 6.08 Å². The quantitative estimate of drug-likeness (QED) is 0.359. The Hall–Kier alpha value is -3.82. The van der Waals surface area contributed by atoms with Crippen LogP contribution in [0.5, 0.6) is 0 Å². The van der Waals surface area contributed by atoms with Crippen molar-refractivity contribution in [2.45, 2.75) is 48.0 Å². The molecule has 10 heteroatoms. The van der Waals surface area contributed by atoms with E-state index in [0.29, 0.717) is 22.5 Å². The number of carbonyl (C=O) groups excluding carboxylic acids is 4. The maximum Gasteiger partial charge on any atom is 0.355 e. The summed E-state index contributed by atoms with van der Waals surface area (Å²) in [6.07, 6.45) is 3.49. The van der Waals surface area contributed by atoms with Crippen molar-refractivity contribution in [1.29, 1.82) is 0 Å². The van der Waals surface area contributed by atoms with Gasteiger partial charge in [0.15, 0.2) is 0 Å². The molecule has 2 aromatic heterocycles. The van der Waals surface area contributed by atoms with Gasteiger partial charge in [-0.3, -0.25) is 0 Å². The molecule has 10 nitrogen and oxygen atoms in total. The number of H-pyrrole nitrogens is 2. The third kappa shape index (κ3) is 6.20. The number of nitrogens with one attached hydrogen (secondary N) is 2. The summed E-state index contributed by atoms with van der Waals surface area (Å²) in [7, 11) is 0. The molecule has 190 valence electrons. The van der Waals surface area contributed by atoms with Crippen LogP contribution in [-0.2, 0) is 25.4 Å². The normalized spacial score (nSPS) is 10.9. The van der Waals surface area contributed by atoms with Crippen LogP contribution in [0.2, 0.25) is 0 Å². The monoisotopic (exact) mass is 488 g/mol. The van der Waals surface area contributed by atoms with E-state index in [-0.39, 0.29) is 55.4 Å². The zero-order chi connectivity index (χ0) is 26.1. The molecule has 0 amide bonds. The predicted octanol–water partition coefficient (Wildman–Crippen LogP) is 3.92. The summed E-state index contributed by atoms with van der Waals surface area (Å²) >= 11 is 0. The maximum absolute atomic E-state index is 12.6. The molecule has 0 saturated heterocycles. The van der Waals surface area contributed by atoms with Gasteiger partial charge in [0.1, 0.15) is 11.4 Å². The van der Waals surface area contributed by atoms with Gasteiger partial charge >= 0.3 is 23.9 Å². The first kappa shape index (κ1) is 27.4. The molecule has 0 fully saturated rings. The molecule has 2 N–H and O–H groups in total. The van der Waals surface area contributed by atoms with Gasteiger partial charge in [0.05, 0.1) is 43.2 Å². The fourth-order valence-corrected chi connectivity index (χ4v) is 3.61. The first-order valence-corrected chi connectivity index (χ1v) is 11.5. The Morgan fingerprint density at radius 2 is 1.09 bits per heavy atom. The van der Waals surface area contributed by atoms with Crippen molar-refractivity contribution in [3.05, 3.63) is 51.1 Å². The zero-order valence-electron chi connectivity index (χ0n) is 21.0. The third-order valence-corrected chi connectivity index (χ3v) is 5.13. The average Bonchev–Trinajstić information content (AvgIpc) is 3.31. The Morgan fingerprint density at radius 1 is 0.657 bits per heavy atom. The first-order valence-electron chi connectivity index (χ1n) is 11.5. The molecule has 0 aliphatic carbocycles. The van der Waals surface area contributed by atoms with Crippen LogP contribution < -0.4 is 0 Å². The van der Waals surface area contributed by atoms with Crippen LogP contribution in [0.15, 0.2) is 6.08 Å². The topological polar surface area (TPSA) is 137 Å². The number of aromatic amines is 2. The molecule has 0 aromatic carbocycles. The Bertz CT molecular complexity index is 1120. The Kier molecular flexibility index (Phi) is 9.86. The zero-order valence-corrected chi connectivity index (χ0v) is 21.0. The minimum Gasteiger partial charge on any atom is -0.462 e. The predicted molar refractivity (Wildman–Crippen MR) is 128 cm³/mol. The Balaban J connectivity index is 2.47. The molecule has 0 aliphatic heterocycles. The minimum atomic E-state index is -0.584. The SMILES string of the molecule is CCOC(=O)c1[nH]c(C=CCc2[nH]c(C(=O)OCC)c(C)c2C(=O)OCC)c(C(=O)OCC)c1C. The van der Waals surface area contributed by atoms with Crippen molar-refractivity contribution < 1.29 is 38.1 Å². The Morgan fingerprint density at radius 3 is 1.60 bits per heavy atom. The van der Waals surface area contributed by atoms with Gasteiger partial charge in [0, 0.05) is 12.1 Å². The molecule has 0 atom stereocenters. The van der Waals surface area contributed by atoms with Crippen molar-refractivity contribution >= 4 is 30.0 Å². The van der Waals surface area contributed by atoms with E-state index in [1.165, 1.54) is 0 Å². The lowest BCUT2D eigenvalue weighted by molar-refractivity contribution is 0.0505. The molecule has 0 spiro atoms. The lowest BCUT2D eigenvalue weighted by atomic mass is 10.1. The molecule has 35 heavy (non-hydrogen) atoms. The molecule has 2 aromatic rings. The van der Waals surface area contributed by atoms with Gasteiger partial charge < -0.3 is 28.9 Å². The van der Waals surface area contributed by atoms with Gasteiger partial charge in [0.2, 0.25) is 0 Å². The average molecular weight is 489 g/mol. The van der Waals surface area contributed by atoms with E-state index >= 15 is 0 Å². The molecule has 0 saturated carbocycles. The number of ether oxygens (including phenoxy) is 4. The largest absolute Gasteiger partial charge is 0.462 e. The highest BCUT2D eigenvalue weighted by Gasteiger charge is 2.26. The van der Waals surface area contributed by atoms with E-state index in [1.807, 2.05) is 0 Å². The summed E-state index contributed by atoms with van der Waals surface area (Å²) in [5.74, 6) is -2.30. The van der Waals surface area contributed by atoms with E-state index in [9.17, 15) is 19.2 Å². The molecular formula is C25H32N2O8. The summed E-state index contributed by atoms with van der Waals surface area (Å²) in [6, 6.07) is 0. The third-order valence-electron chi connectivity index (χ3n) is 5.13. The van der Waals surface area contributed by atoms with Crippen molar-refractivity contribution in [2.75, 3.05) is 26.4 Å². The Labute approximate surface area is 204 Å². The number of allylic oxidation sites excluding steroid dienone is 1. The van der Waals surface area contributed by atoms with Gasteiger partial charge in [-0.2, -0.15) is 0 Å². The van der Waals surface area contributed by atoms with Crippen molar-refractivity contribution in [3.8, 4) is 0 Å². The number of hydrogen-bond donors (Lipinski definition) is 2. The van der Waals surface area contributed by atoms with Crippen LogP contribution in [0.25, 0.3) is 6.08 Å². The fourth-order valence-electron chi connectivity index (χ4n) is 3.61. The highest BCUT2D eigenvalue weighted by molar-refractivity contribution is 6.01. The summed E-state index contributed by atoms with van der Waals surface area (Å²) in [6.45, 7) is 10.7. The summed E-state index contributed by atoms with van der Waals surface area (Å²) < 4.78 is 20.4. The van der Waals surface area contributed by atoms with Crippen molar-refractivity contribution in [2.24, 2.45) is 0 Å². The van der Waals surface area contributed by atoms with E-state index in [0.717, 1.165) is 0 Å². The maximum atomic E-state index is 12.6. The molecule has 0 bridgehead atoms. The van der Waals surface area contributed by atoms with Crippen LogP contribution >= 0.6 is 0 Å². The van der Waals surface area contributed by atoms with Gasteiger partial charge in [0.25, 0.3) is 0 Å². The van der Waals surface area contributed by atoms with Gasteiger partial charge in [-0.15, -0.1) is 0 Å². The van der Waals surface area contributed by atoms with Crippen LogP contribution in [-0.4, -0.2) is 60.3 Å². The number of hydrogen-bond acceptors (Lipinski definition) is 8. The standard InChI is InChI=1S/C25H32N2O8/c1-7-32-22(28)18-14(5)20(24(30)34-9-3)26-16(18)12-11-13-17-19(23(29)33-8-2)15(6)21(27-17)25(31)35-10-4/h11-12,26-27H,7-10,13H2,1-6H3. The highest BCUT2D eigenvalue weighted by atomic mass is 16.5. The van der Waals surface area contributed by atoms with Crippen LogP contribution in [0, 0.1) is 13.8 Å². The second-order valence-electron chi connectivity index (χ2n) is 7.38. The van der Waals surface area contributed by atoms with E-state index < -0.39 is 23.9 Å². The highest BCUT2D eigenvalue weighted by Crippen LogP contribution is 2.24. The summed E-state index contributed by atoms with van der Waals surface area (Å²) in [5.41, 5.74) is 2.44. The van der Waals surface area contributed by atoms with Gasteiger partial charge in [-0.05, 0) is 58.7 Å². The molecule has 0 unspecified atom stereocenters. The van der Waals surface area contributed by atoms with Crippen LogP contribution in [0.4, 0.5) is 0 Å². The number of rotatable bonds is 11. The number of aromatic nitrogens is 2. The number of esters is 4. The summed E-state index contributed by atoms with van der Waals surface area (Å²) in [4.78, 5) is 55.7. The minimum absolute atomic E-state index is 0.155. The lowest BCUT2D eigenvalue weighted by Gasteiger charge is -2.04. The van der Waals surface area contributed by atoms with E-state index in [1.54, 1.807) is 53.7 Å². The van der Waals surface area contributed by atoms with E-state index in [2.05, 4.69) is 9.97 Å². The van der Waals surface area contributed by atoms with Crippen molar-refractivity contribution in [3.63, 3.8) is 0 Å². The molecule has 2 heterocycles. The first-order chi connectivity index (χ1) is 16.7. The molecule has 2 rings (SSSR count). The van der Waals surface area contributed by atoms with Gasteiger partial charge in [-0.25, -0.2) is 19.2 Å². The molecule has 0 radical (unpaired) electrons. The van der Waals surface area contributed by atoms with Crippen molar-refractivity contribution in [1.82, 2.24) is 9.97 Å². The van der Waals surface area contributed by atoms with Crippen LogP contribution in [0.3, 0.4) is 0 Å². The number of carbonyl (C=O) groups is 4. The smallest absolute Gasteiger partial charge is 0.355 e. The van der Waals surface area contributed by atoms with E-state index in [4.69, 9.17) is 18.9 Å². The second-order valence-corrected chi connectivity index (χ2v) is 7.38. The lowest BCUT2D eigenvalue weighted by Crippen LogP contribution is -2.09. The second kappa shape index (κ2) is 12.6. The molecular weight excluding hydrogens is 456 g/mol. The van der Waals surface area contributed by atoms with Crippen LogP contribution in [0.1, 0.15) is 91.9 Å². The fraction of sp³-hybridized carbons (Fsp3) is 0.440. The summed E-state index contributed by atoms with van der Waals surface area (Å²) in [5, 5.41) is 0.